The summed E-state index contributed by atoms with van der Waals surface area (Å²) in [6, 6.07) is 4.25. The molecule has 0 spiro atoms. The monoisotopic (exact) mass is 380 g/mol. The number of benzene rings is 1. The van der Waals surface area contributed by atoms with E-state index in [9.17, 15) is 19.7 Å². The number of esters is 1. The van der Waals surface area contributed by atoms with Gasteiger partial charge in [0.05, 0.1) is 15.4 Å². The Morgan fingerprint density at radius 1 is 1.35 bits per heavy atom. The van der Waals surface area contributed by atoms with Crippen molar-refractivity contribution in [3.05, 3.63) is 33.9 Å². The zero-order valence-corrected chi connectivity index (χ0v) is 16.0. The highest BCUT2D eigenvalue weighted by Crippen LogP contribution is 2.28. The van der Waals surface area contributed by atoms with Gasteiger partial charge in [-0.2, -0.15) is 0 Å². The van der Waals surface area contributed by atoms with Gasteiger partial charge in [-0.25, -0.2) is 4.79 Å². The van der Waals surface area contributed by atoms with E-state index < -0.39 is 17.0 Å². The van der Waals surface area contributed by atoms with Crippen molar-refractivity contribution >= 4 is 29.3 Å². The Kier molecular flexibility index (Phi) is 7.02. The number of carbonyl (C=O) groups excluding carboxylic acids is 2. The molecule has 142 valence electrons. The smallest absolute Gasteiger partial charge is 0.339 e. The van der Waals surface area contributed by atoms with E-state index in [2.05, 4.69) is 12.2 Å². The molecule has 1 aliphatic carbocycles. The molecular formula is C18H24N2O5S. The standard InChI is InChI=1S/C18H24N2O5S/c1-11-6-4-5-7-14(11)19-17(21)12(2)25-18(22)13-8-9-16(26-3)15(10-13)20(23)24/h8-12,14H,4-7H2,1-3H3,(H,19,21)/t11-,12+,14+/m0/s1. The normalized spacial score (nSPS) is 20.9. The number of nitro benzene ring substituents is 1. The largest absolute Gasteiger partial charge is 0.449 e. The van der Waals surface area contributed by atoms with Crippen LogP contribution < -0.4 is 5.32 Å². The van der Waals surface area contributed by atoms with Gasteiger partial charge in [0.1, 0.15) is 0 Å². The van der Waals surface area contributed by atoms with E-state index >= 15 is 0 Å². The van der Waals surface area contributed by atoms with Gasteiger partial charge in [0, 0.05) is 12.1 Å². The van der Waals surface area contributed by atoms with E-state index in [0.717, 1.165) is 19.3 Å². The second kappa shape index (κ2) is 9.02. The van der Waals surface area contributed by atoms with E-state index in [-0.39, 0.29) is 23.2 Å². The van der Waals surface area contributed by atoms with Gasteiger partial charge in [-0.3, -0.25) is 14.9 Å². The van der Waals surface area contributed by atoms with Crippen LogP contribution >= 0.6 is 11.8 Å². The van der Waals surface area contributed by atoms with E-state index in [1.54, 1.807) is 6.26 Å². The van der Waals surface area contributed by atoms with Crippen LogP contribution in [0.3, 0.4) is 0 Å². The molecule has 2 rings (SSSR count). The Labute approximate surface area is 157 Å². The quantitative estimate of drug-likeness (QED) is 0.351. The molecule has 3 atom stereocenters. The number of ether oxygens (including phenoxy) is 1. The van der Waals surface area contributed by atoms with Gasteiger partial charge < -0.3 is 10.1 Å². The van der Waals surface area contributed by atoms with Gasteiger partial charge in [0.15, 0.2) is 6.10 Å². The van der Waals surface area contributed by atoms with Crippen LogP contribution in [0.1, 0.15) is 49.9 Å². The third-order valence-electron chi connectivity index (χ3n) is 4.70. The molecule has 1 N–H and O–H groups in total. The summed E-state index contributed by atoms with van der Waals surface area (Å²) in [4.78, 5) is 35.6. The Balaban J connectivity index is 2.01. The van der Waals surface area contributed by atoms with Crippen molar-refractivity contribution in [2.24, 2.45) is 5.92 Å². The van der Waals surface area contributed by atoms with Crippen molar-refractivity contribution < 1.29 is 19.2 Å². The third kappa shape index (κ3) is 4.97. The number of nitrogens with one attached hydrogen (secondary N) is 1. The Morgan fingerprint density at radius 2 is 2.04 bits per heavy atom. The molecule has 0 radical (unpaired) electrons. The first-order chi connectivity index (χ1) is 12.3. The second-order valence-corrected chi connectivity index (χ2v) is 7.42. The molecule has 8 heteroatoms. The number of amides is 1. The zero-order valence-electron chi connectivity index (χ0n) is 15.2. The molecule has 1 aromatic carbocycles. The molecule has 0 aliphatic heterocycles. The van der Waals surface area contributed by atoms with Crippen molar-refractivity contribution in [3.8, 4) is 0 Å². The number of nitro groups is 1. The summed E-state index contributed by atoms with van der Waals surface area (Å²) >= 11 is 1.22. The van der Waals surface area contributed by atoms with Crippen LogP contribution in [0.25, 0.3) is 0 Å². The Morgan fingerprint density at radius 3 is 2.65 bits per heavy atom. The molecule has 1 aliphatic rings. The topological polar surface area (TPSA) is 98.5 Å². The maximum atomic E-state index is 12.3. The highest BCUT2D eigenvalue weighted by atomic mass is 32.2. The fourth-order valence-corrected chi connectivity index (χ4v) is 3.62. The van der Waals surface area contributed by atoms with Crippen LogP contribution in [0, 0.1) is 16.0 Å². The second-order valence-electron chi connectivity index (χ2n) is 6.57. The highest BCUT2D eigenvalue weighted by molar-refractivity contribution is 7.98. The van der Waals surface area contributed by atoms with Crippen LogP contribution in [-0.2, 0) is 9.53 Å². The van der Waals surface area contributed by atoms with Crippen molar-refractivity contribution in [1.29, 1.82) is 0 Å². The van der Waals surface area contributed by atoms with Gasteiger partial charge in [0.25, 0.3) is 11.6 Å². The van der Waals surface area contributed by atoms with E-state index in [0.29, 0.717) is 10.8 Å². The lowest BCUT2D eigenvalue weighted by molar-refractivity contribution is -0.387. The van der Waals surface area contributed by atoms with Gasteiger partial charge in [0.2, 0.25) is 0 Å². The van der Waals surface area contributed by atoms with E-state index in [1.807, 2.05) is 0 Å². The lowest BCUT2D eigenvalue weighted by atomic mass is 9.86. The average molecular weight is 380 g/mol. The number of thioether (sulfide) groups is 1. The number of rotatable bonds is 6. The van der Waals surface area contributed by atoms with Gasteiger partial charge in [-0.1, -0.05) is 19.8 Å². The van der Waals surface area contributed by atoms with E-state index in [4.69, 9.17) is 4.74 Å². The molecule has 7 nitrogen and oxygen atoms in total. The number of nitrogens with zero attached hydrogens (tertiary/aromatic N) is 1. The van der Waals surface area contributed by atoms with Crippen molar-refractivity contribution in [2.45, 2.75) is 56.6 Å². The number of hydrogen-bond donors (Lipinski definition) is 1. The molecule has 0 unspecified atom stereocenters. The van der Waals surface area contributed by atoms with Crippen molar-refractivity contribution in [2.75, 3.05) is 6.26 Å². The first-order valence-corrected chi connectivity index (χ1v) is 9.89. The zero-order chi connectivity index (χ0) is 19.3. The SMILES string of the molecule is CSc1ccc(C(=O)O[C@H](C)C(=O)N[C@@H]2CCCC[C@@H]2C)cc1[N+](=O)[O-]. The lowest BCUT2D eigenvalue weighted by Crippen LogP contribution is -2.45. The first kappa shape index (κ1) is 20.2. The Bertz CT molecular complexity index is 694. The number of carbonyl (C=O) groups is 2. The van der Waals surface area contributed by atoms with Crippen molar-refractivity contribution in [1.82, 2.24) is 5.32 Å². The van der Waals surface area contributed by atoms with Crippen LogP contribution in [0.2, 0.25) is 0 Å². The minimum Gasteiger partial charge on any atom is -0.449 e. The van der Waals surface area contributed by atoms with Crippen LogP contribution in [0.15, 0.2) is 23.1 Å². The minimum atomic E-state index is -0.962. The van der Waals surface area contributed by atoms with Crippen molar-refractivity contribution in [3.63, 3.8) is 0 Å². The van der Waals surface area contributed by atoms with Crippen LogP contribution in [0.4, 0.5) is 5.69 Å². The van der Waals surface area contributed by atoms with Gasteiger partial charge in [-0.05, 0) is 44.1 Å². The average Bonchev–Trinajstić information content (AvgIpc) is 2.62. The summed E-state index contributed by atoms with van der Waals surface area (Å²) in [7, 11) is 0. The molecule has 1 aromatic rings. The fourth-order valence-electron chi connectivity index (χ4n) is 3.07. The molecule has 1 amide bonds. The van der Waals surface area contributed by atoms with Gasteiger partial charge >= 0.3 is 5.97 Å². The minimum absolute atomic E-state index is 0.0557. The summed E-state index contributed by atoms with van der Waals surface area (Å²) in [5.74, 6) is -0.690. The molecule has 0 bridgehead atoms. The predicted octanol–water partition coefficient (Wildman–Crippen LogP) is 3.56. The molecule has 0 saturated heterocycles. The molecule has 1 fully saturated rings. The molecule has 0 heterocycles. The maximum Gasteiger partial charge on any atom is 0.339 e. The van der Waals surface area contributed by atoms with E-state index in [1.165, 1.54) is 43.3 Å². The highest BCUT2D eigenvalue weighted by Gasteiger charge is 2.27. The lowest BCUT2D eigenvalue weighted by Gasteiger charge is -2.30. The number of hydrogen-bond acceptors (Lipinski definition) is 6. The Hall–Kier alpha value is -2.09. The summed E-state index contributed by atoms with van der Waals surface area (Å²) in [5, 5.41) is 14.1. The molecule has 0 aromatic heterocycles. The molecule has 26 heavy (non-hydrogen) atoms. The summed E-state index contributed by atoms with van der Waals surface area (Å²) < 4.78 is 5.20. The third-order valence-corrected chi connectivity index (χ3v) is 5.49. The summed E-state index contributed by atoms with van der Waals surface area (Å²) in [5.41, 5.74) is -0.0970. The summed E-state index contributed by atoms with van der Waals surface area (Å²) in [6.45, 7) is 3.61. The fraction of sp³-hybridized carbons (Fsp3) is 0.556. The van der Waals surface area contributed by atoms with Gasteiger partial charge in [-0.15, -0.1) is 11.8 Å². The van der Waals surface area contributed by atoms with Crippen LogP contribution in [-0.4, -0.2) is 35.2 Å². The maximum absolute atomic E-state index is 12.3. The molecule has 1 saturated carbocycles. The molecular weight excluding hydrogens is 356 g/mol. The predicted molar refractivity (Wildman–Crippen MR) is 99.3 cm³/mol. The first-order valence-electron chi connectivity index (χ1n) is 8.67. The van der Waals surface area contributed by atoms with Crippen LogP contribution in [0.5, 0.6) is 0 Å². The summed E-state index contributed by atoms with van der Waals surface area (Å²) in [6.07, 6.45) is 5.01.